The number of aromatic amines is 1. The lowest BCUT2D eigenvalue weighted by Crippen LogP contribution is -2.07. The predicted molar refractivity (Wildman–Crippen MR) is 83.3 cm³/mol. The van der Waals surface area contributed by atoms with E-state index in [0.717, 1.165) is 35.4 Å². The van der Waals surface area contributed by atoms with Crippen molar-refractivity contribution in [2.45, 2.75) is 25.2 Å². The number of Topliss-reactive ketones (excluding diaryl/α,β-unsaturated/α-hetero) is 1. The quantitative estimate of drug-likeness (QED) is 0.574. The number of ketones is 1. The lowest BCUT2D eigenvalue weighted by atomic mass is 10.2. The Morgan fingerprint density at radius 1 is 1.29 bits per heavy atom. The summed E-state index contributed by atoms with van der Waals surface area (Å²) in [6.07, 6.45) is -3.51. The fourth-order valence-electron chi connectivity index (χ4n) is 2.36. The molecule has 3 aromatic rings. The minimum atomic E-state index is -4.45. The van der Waals surface area contributed by atoms with Crippen molar-refractivity contribution >= 4 is 23.2 Å². The molecule has 3 aromatic heterocycles. The first-order valence-corrected chi connectivity index (χ1v) is 7.98. The Hall–Kier alpha value is -2.29. The molecule has 0 bridgehead atoms. The molecule has 0 saturated carbocycles. The summed E-state index contributed by atoms with van der Waals surface area (Å²) in [7, 11) is 0. The first-order chi connectivity index (χ1) is 11.3. The minimum Gasteiger partial charge on any atom is -0.362 e. The van der Waals surface area contributed by atoms with E-state index in [1.807, 2.05) is 6.92 Å². The number of aryl methyl sites for hydroxylation is 2. The molecule has 1 N–H and O–H groups in total. The number of pyridine rings is 1. The normalized spacial score (nSPS) is 12.0. The number of thioether (sulfide) groups is 1. The highest BCUT2D eigenvalue weighted by atomic mass is 32.2. The third-order valence-corrected chi connectivity index (χ3v) is 4.42. The molecule has 0 amide bonds. The molecule has 0 fully saturated rings. The number of halogens is 3. The number of aromatic nitrogens is 4. The highest BCUT2D eigenvalue weighted by molar-refractivity contribution is 7.99. The Labute approximate surface area is 139 Å². The molecule has 0 unspecified atom stereocenters. The Balaban J connectivity index is 1.82. The van der Waals surface area contributed by atoms with Crippen LogP contribution in [-0.2, 0) is 6.18 Å². The van der Waals surface area contributed by atoms with Crippen LogP contribution in [-0.4, -0.2) is 31.1 Å². The topological polar surface area (TPSA) is 63.1 Å². The molecule has 3 heterocycles. The number of nitrogens with zero attached hydrogens (tertiary/aromatic N) is 3. The van der Waals surface area contributed by atoms with Gasteiger partial charge in [0.25, 0.3) is 0 Å². The first-order valence-electron chi connectivity index (χ1n) is 7.00. The number of carbonyl (C=O) groups excluding carboxylic acids is 1. The third kappa shape index (κ3) is 3.16. The van der Waals surface area contributed by atoms with Gasteiger partial charge in [0.05, 0.1) is 11.3 Å². The molecular weight excluding hydrogens is 341 g/mol. The van der Waals surface area contributed by atoms with Gasteiger partial charge in [-0.2, -0.15) is 13.2 Å². The molecule has 0 aromatic carbocycles. The molecule has 0 saturated heterocycles. The van der Waals surface area contributed by atoms with Crippen LogP contribution in [0, 0.1) is 13.8 Å². The van der Waals surface area contributed by atoms with Crippen LogP contribution in [0.1, 0.15) is 27.3 Å². The highest BCUT2D eigenvalue weighted by Gasteiger charge is 2.31. The van der Waals surface area contributed by atoms with Gasteiger partial charge < -0.3 is 4.98 Å². The smallest absolute Gasteiger partial charge is 0.362 e. The molecule has 0 radical (unpaired) electrons. The zero-order chi connectivity index (χ0) is 17.5. The van der Waals surface area contributed by atoms with Crippen molar-refractivity contribution in [3.8, 4) is 0 Å². The van der Waals surface area contributed by atoms with Crippen molar-refractivity contribution in [1.29, 1.82) is 0 Å². The van der Waals surface area contributed by atoms with Crippen molar-refractivity contribution in [2.24, 2.45) is 0 Å². The van der Waals surface area contributed by atoms with Gasteiger partial charge in [0.15, 0.2) is 16.6 Å². The number of alkyl halides is 3. The monoisotopic (exact) mass is 354 g/mol. The van der Waals surface area contributed by atoms with E-state index in [1.54, 1.807) is 13.0 Å². The lowest BCUT2D eigenvalue weighted by molar-refractivity contribution is -0.137. The number of H-pyrrole nitrogens is 1. The van der Waals surface area contributed by atoms with Crippen LogP contribution >= 0.6 is 11.8 Å². The summed E-state index contributed by atoms with van der Waals surface area (Å²) in [6, 6.07) is 3.96. The van der Waals surface area contributed by atoms with Crippen LogP contribution in [0.3, 0.4) is 0 Å². The second-order valence-corrected chi connectivity index (χ2v) is 6.27. The minimum absolute atomic E-state index is 0.0647. The molecule has 0 aliphatic heterocycles. The Morgan fingerprint density at radius 2 is 2.04 bits per heavy atom. The molecule has 5 nitrogen and oxygen atoms in total. The van der Waals surface area contributed by atoms with E-state index in [4.69, 9.17) is 0 Å². The van der Waals surface area contributed by atoms with Crippen LogP contribution in [0.2, 0.25) is 0 Å². The zero-order valence-corrected chi connectivity index (χ0v) is 13.6. The summed E-state index contributed by atoms with van der Waals surface area (Å²) < 4.78 is 39.7. The van der Waals surface area contributed by atoms with Gasteiger partial charge in [-0.15, -0.1) is 10.2 Å². The van der Waals surface area contributed by atoms with Crippen molar-refractivity contribution in [3.05, 3.63) is 46.9 Å². The number of carbonyl (C=O) groups is 1. The van der Waals surface area contributed by atoms with E-state index in [-0.39, 0.29) is 16.7 Å². The molecule has 126 valence electrons. The molecule has 9 heteroatoms. The van der Waals surface area contributed by atoms with Gasteiger partial charge in [-0.05, 0) is 32.0 Å². The molecule has 3 rings (SSSR count). The maximum absolute atomic E-state index is 12.8. The Kier molecular flexibility index (Phi) is 4.12. The molecule has 0 aliphatic carbocycles. The Bertz CT molecular complexity index is 913. The standard InChI is InChI=1S/C15H13F3N4OS/c1-8-5-11(9(2)19-8)12(23)7-24-14-21-20-13-4-3-10(6-22(13)14)15(16,17)18/h3-6,19H,7H2,1-2H3. The van der Waals surface area contributed by atoms with Crippen molar-refractivity contribution in [3.63, 3.8) is 0 Å². The average molecular weight is 354 g/mol. The maximum atomic E-state index is 12.8. The molecule has 0 spiro atoms. The fourth-order valence-corrected chi connectivity index (χ4v) is 3.16. The van der Waals surface area contributed by atoms with E-state index in [9.17, 15) is 18.0 Å². The van der Waals surface area contributed by atoms with Crippen LogP contribution in [0.25, 0.3) is 5.65 Å². The number of fused-ring (bicyclic) bond motifs is 1. The SMILES string of the molecule is Cc1cc(C(=O)CSc2nnc3ccc(C(F)(F)F)cn23)c(C)[nH]1. The van der Waals surface area contributed by atoms with Gasteiger partial charge in [-0.3, -0.25) is 9.20 Å². The fraction of sp³-hybridized carbons (Fsp3) is 0.267. The lowest BCUT2D eigenvalue weighted by Gasteiger charge is -2.07. The largest absolute Gasteiger partial charge is 0.417 e. The van der Waals surface area contributed by atoms with E-state index in [2.05, 4.69) is 15.2 Å². The first kappa shape index (κ1) is 16.6. The van der Waals surface area contributed by atoms with E-state index < -0.39 is 11.7 Å². The third-order valence-electron chi connectivity index (χ3n) is 3.48. The average Bonchev–Trinajstić information content (AvgIpc) is 3.06. The van der Waals surface area contributed by atoms with Gasteiger partial charge >= 0.3 is 6.18 Å². The van der Waals surface area contributed by atoms with Crippen molar-refractivity contribution in [1.82, 2.24) is 19.6 Å². The molecule has 0 atom stereocenters. The highest BCUT2D eigenvalue weighted by Crippen LogP contribution is 2.30. The number of hydrogen-bond acceptors (Lipinski definition) is 4. The van der Waals surface area contributed by atoms with Gasteiger partial charge in [-0.1, -0.05) is 11.8 Å². The summed E-state index contributed by atoms with van der Waals surface area (Å²) in [4.78, 5) is 15.3. The van der Waals surface area contributed by atoms with E-state index >= 15 is 0 Å². The summed E-state index contributed by atoms with van der Waals surface area (Å²) in [5.41, 5.74) is 1.73. The maximum Gasteiger partial charge on any atom is 0.417 e. The Morgan fingerprint density at radius 3 is 2.67 bits per heavy atom. The number of hydrogen-bond donors (Lipinski definition) is 1. The summed E-state index contributed by atoms with van der Waals surface area (Å²) in [5.74, 6) is -0.0552. The van der Waals surface area contributed by atoms with Gasteiger partial charge in [0, 0.05) is 23.1 Å². The van der Waals surface area contributed by atoms with E-state index in [1.165, 1.54) is 10.5 Å². The molecular formula is C15H13F3N4OS. The van der Waals surface area contributed by atoms with Gasteiger partial charge in [0.1, 0.15) is 0 Å². The van der Waals surface area contributed by atoms with Crippen LogP contribution in [0.5, 0.6) is 0 Å². The molecule has 0 aliphatic rings. The zero-order valence-electron chi connectivity index (χ0n) is 12.8. The van der Waals surface area contributed by atoms with Crippen molar-refractivity contribution in [2.75, 3.05) is 5.75 Å². The van der Waals surface area contributed by atoms with Crippen LogP contribution < -0.4 is 0 Å². The predicted octanol–water partition coefficient (Wildman–Crippen LogP) is 3.67. The van der Waals surface area contributed by atoms with Gasteiger partial charge in [0.2, 0.25) is 0 Å². The molecule has 24 heavy (non-hydrogen) atoms. The second kappa shape index (κ2) is 5.97. The summed E-state index contributed by atoms with van der Waals surface area (Å²) >= 11 is 1.06. The number of nitrogens with one attached hydrogen (secondary N) is 1. The second-order valence-electron chi connectivity index (χ2n) is 5.33. The van der Waals surface area contributed by atoms with Gasteiger partial charge in [-0.25, -0.2) is 0 Å². The van der Waals surface area contributed by atoms with Crippen LogP contribution in [0.4, 0.5) is 13.2 Å². The van der Waals surface area contributed by atoms with E-state index in [0.29, 0.717) is 11.2 Å². The number of rotatable bonds is 4. The van der Waals surface area contributed by atoms with Crippen LogP contribution in [0.15, 0.2) is 29.6 Å². The summed E-state index contributed by atoms with van der Waals surface area (Å²) in [5, 5.41) is 7.93. The van der Waals surface area contributed by atoms with Crippen molar-refractivity contribution < 1.29 is 18.0 Å². The summed E-state index contributed by atoms with van der Waals surface area (Å²) in [6.45, 7) is 3.65.